The summed E-state index contributed by atoms with van der Waals surface area (Å²) in [4.78, 5) is 11.5. The summed E-state index contributed by atoms with van der Waals surface area (Å²) in [7, 11) is -2.29. The van der Waals surface area contributed by atoms with Crippen molar-refractivity contribution in [2.75, 3.05) is 45.2 Å². The van der Waals surface area contributed by atoms with E-state index in [0.717, 1.165) is 25.9 Å². The smallest absolute Gasteiger partial charge is 0.262 e. The topological polar surface area (TPSA) is 97.0 Å². The first-order valence-corrected chi connectivity index (χ1v) is 9.73. The van der Waals surface area contributed by atoms with Gasteiger partial charge in [0.1, 0.15) is 16.4 Å². The lowest BCUT2D eigenvalue weighted by molar-refractivity contribution is -0.118. The molecule has 1 unspecified atom stereocenters. The van der Waals surface area contributed by atoms with Crippen molar-refractivity contribution in [3.8, 4) is 11.5 Å². The molecule has 1 spiro atoms. The molecule has 2 N–H and O–H groups in total. The molecule has 25 heavy (non-hydrogen) atoms. The van der Waals surface area contributed by atoms with Crippen molar-refractivity contribution in [3.63, 3.8) is 0 Å². The molecule has 0 bridgehead atoms. The Morgan fingerprint density at radius 1 is 1.32 bits per heavy atom. The minimum atomic E-state index is -3.70. The number of carbonyl (C=O) groups is 1. The van der Waals surface area contributed by atoms with Crippen LogP contribution in [0.2, 0.25) is 0 Å². The van der Waals surface area contributed by atoms with Crippen LogP contribution in [0.15, 0.2) is 17.0 Å². The fraction of sp³-hybridized carbons (Fsp3) is 0.562. The van der Waals surface area contributed by atoms with Crippen molar-refractivity contribution < 1.29 is 22.7 Å². The van der Waals surface area contributed by atoms with Gasteiger partial charge in [-0.1, -0.05) is 0 Å². The molecule has 3 heterocycles. The maximum Gasteiger partial charge on any atom is 0.262 e. The Kier molecular flexibility index (Phi) is 3.89. The largest absolute Gasteiger partial charge is 0.495 e. The Bertz CT molecular complexity index is 817. The molecule has 9 heteroatoms. The van der Waals surface area contributed by atoms with Crippen LogP contribution in [0.1, 0.15) is 12.8 Å². The molecule has 8 nitrogen and oxygen atoms in total. The van der Waals surface area contributed by atoms with E-state index in [9.17, 15) is 13.2 Å². The van der Waals surface area contributed by atoms with Crippen LogP contribution in [-0.4, -0.2) is 58.5 Å². The highest BCUT2D eigenvalue weighted by Gasteiger charge is 2.45. The van der Waals surface area contributed by atoms with E-state index in [0.29, 0.717) is 24.5 Å². The summed E-state index contributed by atoms with van der Waals surface area (Å²) in [6.07, 6.45) is 1.86. The number of nitrogens with zero attached hydrogens (tertiary/aromatic N) is 1. The quantitative estimate of drug-likeness (QED) is 0.803. The molecular formula is C16H21N3O5S. The van der Waals surface area contributed by atoms with E-state index in [4.69, 9.17) is 9.47 Å². The fourth-order valence-electron chi connectivity index (χ4n) is 3.83. The molecule has 2 saturated heterocycles. The molecule has 4 rings (SSSR count). The average molecular weight is 367 g/mol. The number of ether oxygens (including phenoxy) is 2. The molecule has 0 radical (unpaired) electrons. The number of hydrogen-bond donors (Lipinski definition) is 2. The second-order valence-electron chi connectivity index (χ2n) is 6.85. The maximum absolute atomic E-state index is 13.2. The van der Waals surface area contributed by atoms with Crippen molar-refractivity contribution in [1.82, 2.24) is 9.62 Å². The zero-order valence-electron chi connectivity index (χ0n) is 14.0. The SMILES string of the molecule is COc1cc2c(cc1S(=O)(=O)N1CCC3(CCNC3)C1)OCC(=O)N2. The number of fused-ring (bicyclic) bond motifs is 1. The second-order valence-corrected chi connectivity index (χ2v) is 8.76. The van der Waals surface area contributed by atoms with Gasteiger partial charge < -0.3 is 20.1 Å². The lowest BCUT2D eigenvalue weighted by Crippen LogP contribution is -2.33. The highest BCUT2D eigenvalue weighted by Crippen LogP contribution is 2.42. The minimum Gasteiger partial charge on any atom is -0.495 e. The Balaban J connectivity index is 1.69. The Hall–Kier alpha value is -1.84. The number of hydrogen-bond acceptors (Lipinski definition) is 6. The molecule has 3 aliphatic rings. The zero-order chi connectivity index (χ0) is 17.7. The standard InChI is InChI=1S/C16H21N3O5S/c1-23-13-6-11-12(24-8-15(20)18-11)7-14(13)25(21,22)19-5-3-16(10-19)2-4-17-9-16/h6-7,17H,2-5,8-10H2,1H3,(H,18,20). The number of rotatable bonds is 3. The molecule has 0 aromatic heterocycles. The van der Waals surface area contributed by atoms with E-state index in [2.05, 4.69) is 10.6 Å². The molecule has 1 aromatic rings. The summed E-state index contributed by atoms with van der Waals surface area (Å²) < 4.78 is 38.6. The van der Waals surface area contributed by atoms with Gasteiger partial charge in [0, 0.05) is 31.8 Å². The van der Waals surface area contributed by atoms with E-state index in [1.54, 1.807) is 0 Å². The predicted molar refractivity (Wildman–Crippen MR) is 90.4 cm³/mol. The minimum absolute atomic E-state index is 0.0407. The van der Waals surface area contributed by atoms with Crippen LogP contribution in [0.4, 0.5) is 5.69 Å². The second kappa shape index (κ2) is 5.86. The number of amides is 1. The van der Waals surface area contributed by atoms with Crippen LogP contribution in [0.3, 0.4) is 0 Å². The van der Waals surface area contributed by atoms with Gasteiger partial charge >= 0.3 is 0 Å². The third kappa shape index (κ3) is 2.76. The Labute approximate surface area is 146 Å². The van der Waals surface area contributed by atoms with Crippen LogP contribution in [-0.2, 0) is 14.8 Å². The number of sulfonamides is 1. The number of nitrogens with one attached hydrogen (secondary N) is 2. The van der Waals surface area contributed by atoms with Gasteiger partial charge in [-0.15, -0.1) is 0 Å². The van der Waals surface area contributed by atoms with Crippen molar-refractivity contribution in [2.45, 2.75) is 17.7 Å². The summed E-state index contributed by atoms with van der Waals surface area (Å²) in [6.45, 7) is 2.68. The molecule has 2 fully saturated rings. The van der Waals surface area contributed by atoms with Gasteiger partial charge in [-0.3, -0.25) is 4.79 Å². The summed E-state index contributed by atoms with van der Waals surface area (Å²) in [5.41, 5.74) is 0.462. The summed E-state index contributed by atoms with van der Waals surface area (Å²) in [5, 5.41) is 5.99. The average Bonchev–Trinajstić information content (AvgIpc) is 3.24. The van der Waals surface area contributed by atoms with E-state index < -0.39 is 10.0 Å². The lowest BCUT2D eigenvalue weighted by Gasteiger charge is -2.24. The van der Waals surface area contributed by atoms with E-state index in [1.165, 1.54) is 23.5 Å². The van der Waals surface area contributed by atoms with Crippen LogP contribution >= 0.6 is 0 Å². The third-order valence-electron chi connectivity index (χ3n) is 5.25. The first kappa shape index (κ1) is 16.6. The van der Waals surface area contributed by atoms with Crippen LogP contribution < -0.4 is 20.1 Å². The van der Waals surface area contributed by atoms with Crippen molar-refractivity contribution in [3.05, 3.63) is 12.1 Å². The van der Waals surface area contributed by atoms with Crippen LogP contribution in [0.5, 0.6) is 11.5 Å². The number of carbonyl (C=O) groups excluding carboxylic acids is 1. The van der Waals surface area contributed by atoms with Gasteiger partial charge in [0.25, 0.3) is 5.91 Å². The summed E-state index contributed by atoms with van der Waals surface area (Å²) in [5.74, 6) is 0.269. The van der Waals surface area contributed by atoms with E-state index in [-0.39, 0.29) is 28.6 Å². The lowest BCUT2D eigenvalue weighted by atomic mass is 9.87. The van der Waals surface area contributed by atoms with Crippen LogP contribution in [0.25, 0.3) is 0 Å². The predicted octanol–water partition coefficient (Wildman–Crippen LogP) is 0.400. The van der Waals surface area contributed by atoms with Crippen molar-refractivity contribution >= 4 is 21.6 Å². The Morgan fingerprint density at radius 3 is 2.88 bits per heavy atom. The molecule has 1 aromatic carbocycles. The molecule has 1 atom stereocenters. The number of anilines is 1. The van der Waals surface area contributed by atoms with Gasteiger partial charge in [-0.2, -0.15) is 4.31 Å². The molecule has 1 amide bonds. The molecule has 136 valence electrons. The van der Waals surface area contributed by atoms with Crippen molar-refractivity contribution in [1.29, 1.82) is 0 Å². The van der Waals surface area contributed by atoms with Gasteiger partial charge in [0.05, 0.1) is 12.8 Å². The highest BCUT2D eigenvalue weighted by atomic mass is 32.2. The van der Waals surface area contributed by atoms with Crippen molar-refractivity contribution in [2.24, 2.45) is 5.41 Å². The van der Waals surface area contributed by atoms with Gasteiger partial charge in [-0.25, -0.2) is 8.42 Å². The highest BCUT2D eigenvalue weighted by molar-refractivity contribution is 7.89. The molecule has 0 saturated carbocycles. The first-order valence-electron chi connectivity index (χ1n) is 8.29. The first-order chi connectivity index (χ1) is 11.9. The molecular weight excluding hydrogens is 346 g/mol. The normalized spacial score (nSPS) is 26.4. The van der Waals surface area contributed by atoms with Crippen LogP contribution in [0, 0.1) is 5.41 Å². The zero-order valence-corrected chi connectivity index (χ0v) is 14.8. The maximum atomic E-state index is 13.2. The Morgan fingerprint density at radius 2 is 2.16 bits per heavy atom. The fourth-order valence-corrected chi connectivity index (χ4v) is 5.54. The monoisotopic (exact) mass is 367 g/mol. The number of benzene rings is 1. The van der Waals surface area contributed by atoms with Gasteiger partial charge in [0.15, 0.2) is 6.61 Å². The summed E-state index contributed by atoms with van der Waals surface area (Å²) in [6, 6.07) is 2.95. The molecule has 3 aliphatic heterocycles. The number of methoxy groups -OCH3 is 1. The van der Waals surface area contributed by atoms with Gasteiger partial charge in [0.2, 0.25) is 10.0 Å². The van der Waals surface area contributed by atoms with Gasteiger partial charge in [-0.05, 0) is 24.8 Å². The van der Waals surface area contributed by atoms with E-state index in [1.807, 2.05) is 0 Å². The van der Waals surface area contributed by atoms with E-state index >= 15 is 0 Å². The third-order valence-corrected chi connectivity index (χ3v) is 7.12. The molecule has 0 aliphatic carbocycles. The summed E-state index contributed by atoms with van der Waals surface area (Å²) >= 11 is 0.